The number of fused-ring (bicyclic) bond motifs is 17. The molecule has 0 saturated heterocycles. The summed E-state index contributed by atoms with van der Waals surface area (Å²) in [4.78, 5) is 0. The number of hydrogen-bond donors (Lipinski definition) is 0. The van der Waals surface area contributed by atoms with Gasteiger partial charge in [0.2, 0.25) is 0 Å². The highest BCUT2D eigenvalue weighted by Crippen LogP contribution is 2.46. The van der Waals surface area contributed by atoms with Crippen LogP contribution in [-0.2, 0) is 0 Å². The highest BCUT2D eigenvalue weighted by molar-refractivity contribution is 7.01. The Morgan fingerprint density at radius 1 is 0.308 bits per heavy atom. The standard InChI is InChI=1S/C74H52BN3/c1-43(2)52-26-17-27-53(44(3)4)70(52)49-31-33-57-62-42-59-54-23-12-11-22-47(54)30-34-58(59)71-74(62)78(67(57)39-49)69-41-51(76-64-28-15-13-24-55(64)56-25-14-16-29-65(56)76)40-68-72(69)75(71)63-38-50(46-20-9-6-10-21-46)37-61-60-36-48(45-18-7-5-8-19-45)32-35-66(60)77(68)73(61)63/h5-44H,1-4H3. The quantitative estimate of drug-likeness (QED) is 0.116. The molecule has 3 aromatic heterocycles. The first-order valence-corrected chi connectivity index (χ1v) is 27.8. The summed E-state index contributed by atoms with van der Waals surface area (Å²) in [5.41, 5.74) is 25.4. The van der Waals surface area contributed by atoms with Crippen molar-refractivity contribution in [3.8, 4) is 50.4 Å². The molecule has 0 aliphatic carbocycles. The monoisotopic (exact) mass is 993 g/mol. The van der Waals surface area contributed by atoms with Crippen LogP contribution in [0.2, 0.25) is 0 Å². The zero-order chi connectivity index (χ0) is 51.7. The predicted molar refractivity (Wildman–Crippen MR) is 334 cm³/mol. The van der Waals surface area contributed by atoms with Crippen molar-refractivity contribution >= 4 is 110 Å². The summed E-state index contributed by atoms with van der Waals surface area (Å²) in [7, 11) is 0. The first-order chi connectivity index (χ1) is 38.4. The fraction of sp³-hybridized carbons (Fsp3) is 0.0811. The van der Waals surface area contributed by atoms with Gasteiger partial charge in [-0.2, -0.15) is 0 Å². The molecule has 5 heterocycles. The van der Waals surface area contributed by atoms with Crippen molar-refractivity contribution in [2.75, 3.05) is 0 Å². The van der Waals surface area contributed by atoms with Gasteiger partial charge in [-0.3, -0.25) is 0 Å². The molecule has 366 valence electrons. The second-order valence-electron chi connectivity index (χ2n) is 22.7. The molecule has 0 radical (unpaired) electrons. The maximum Gasteiger partial charge on any atom is 0.253 e. The summed E-state index contributed by atoms with van der Waals surface area (Å²) in [5.74, 6) is 0.718. The summed E-state index contributed by atoms with van der Waals surface area (Å²) in [6.45, 7) is 9.28. The number of para-hydroxylation sites is 2. The minimum Gasteiger partial charge on any atom is -0.310 e. The van der Waals surface area contributed by atoms with Crippen LogP contribution in [0.3, 0.4) is 0 Å². The minimum atomic E-state index is -0.100. The molecule has 0 fully saturated rings. The van der Waals surface area contributed by atoms with Gasteiger partial charge in [-0.1, -0.05) is 204 Å². The molecule has 0 bridgehead atoms. The van der Waals surface area contributed by atoms with Crippen molar-refractivity contribution in [3.05, 3.63) is 242 Å². The van der Waals surface area contributed by atoms with E-state index >= 15 is 0 Å². The third-order valence-electron chi connectivity index (χ3n) is 17.9. The molecule has 0 N–H and O–H groups in total. The van der Waals surface area contributed by atoms with Gasteiger partial charge >= 0.3 is 0 Å². The molecule has 2 aliphatic rings. The van der Waals surface area contributed by atoms with Gasteiger partial charge in [0.15, 0.2) is 0 Å². The van der Waals surface area contributed by atoms with Gasteiger partial charge in [-0.15, -0.1) is 0 Å². The van der Waals surface area contributed by atoms with E-state index in [0.29, 0.717) is 11.8 Å². The van der Waals surface area contributed by atoms with Gasteiger partial charge in [-0.25, -0.2) is 0 Å². The molecular formula is C74H52BN3. The van der Waals surface area contributed by atoms with Crippen LogP contribution in [0, 0.1) is 0 Å². The van der Waals surface area contributed by atoms with Gasteiger partial charge in [0, 0.05) is 54.7 Å². The van der Waals surface area contributed by atoms with Crippen LogP contribution in [0.5, 0.6) is 0 Å². The topological polar surface area (TPSA) is 14.8 Å². The van der Waals surface area contributed by atoms with Crippen LogP contribution >= 0.6 is 0 Å². The molecule has 0 spiro atoms. The van der Waals surface area contributed by atoms with E-state index in [1.807, 2.05) is 0 Å². The van der Waals surface area contributed by atoms with Crippen molar-refractivity contribution < 1.29 is 0 Å². The predicted octanol–water partition coefficient (Wildman–Crippen LogP) is 17.7. The van der Waals surface area contributed by atoms with E-state index in [2.05, 4.69) is 272 Å². The molecule has 15 aromatic rings. The molecule has 17 rings (SSSR count). The third kappa shape index (κ3) is 5.89. The van der Waals surface area contributed by atoms with Crippen molar-refractivity contribution in [2.45, 2.75) is 39.5 Å². The van der Waals surface area contributed by atoms with Crippen LogP contribution in [0.1, 0.15) is 50.7 Å². The normalized spacial score (nSPS) is 12.8. The van der Waals surface area contributed by atoms with E-state index in [1.54, 1.807) is 0 Å². The summed E-state index contributed by atoms with van der Waals surface area (Å²) in [6, 6.07) is 88.0. The number of aromatic nitrogens is 3. The molecule has 3 nitrogen and oxygen atoms in total. The molecule has 12 aromatic carbocycles. The molecule has 0 amide bonds. The van der Waals surface area contributed by atoms with E-state index in [4.69, 9.17) is 0 Å². The fourth-order valence-corrected chi connectivity index (χ4v) is 14.6. The highest BCUT2D eigenvalue weighted by atomic mass is 15.1. The summed E-state index contributed by atoms with van der Waals surface area (Å²) in [5, 5.41) is 12.8. The van der Waals surface area contributed by atoms with Gasteiger partial charge in [0.25, 0.3) is 6.71 Å². The Bertz CT molecular complexity index is 5010. The number of benzene rings is 12. The third-order valence-corrected chi connectivity index (χ3v) is 17.9. The Morgan fingerprint density at radius 3 is 1.55 bits per heavy atom. The zero-order valence-corrected chi connectivity index (χ0v) is 44.0. The maximum atomic E-state index is 2.71. The number of hydrogen-bond acceptors (Lipinski definition) is 0. The molecule has 2 aliphatic heterocycles. The van der Waals surface area contributed by atoms with E-state index < -0.39 is 0 Å². The highest BCUT2D eigenvalue weighted by Gasteiger charge is 2.43. The van der Waals surface area contributed by atoms with Gasteiger partial charge in [0.1, 0.15) is 0 Å². The Morgan fingerprint density at radius 2 is 0.859 bits per heavy atom. The first-order valence-electron chi connectivity index (χ1n) is 27.8. The molecule has 0 saturated carbocycles. The molecule has 0 atom stereocenters. The first kappa shape index (κ1) is 43.8. The smallest absolute Gasteiger partial charge is 0.253 e. The van der Waals surface area contributed by atoms with E-state index in [9.17, 15) is 0 Å². The van der Waals surface area contributed by atoms with E-state index in [-0.39, 0.29) is 6.71 Å². The maximum absolute atomic E-state index is 2.71. The van der Waals surface area contributed by atoms with Gasteiger partial charge < -0.3 is 13.7 Å². The lowest BCUT2D eigenvalue weighted by molar-refractivity contribution is 0.838. The average molecular weight is 994 g/mol. The Hall–Kier alpha value is -9.38. The van der Waals surface area contributed by atoms with E-state index in [1.165, 1.54) is 159 Å². The van der Waals surface area contributed by atoms with Crippen molar-refractivity contribution in [1.29, 1.82) is 0 Å². The number of nitrogens with zero attached hydrogens (tertiary/aromatic N) is 3. The van der Waals surface area contributed by atoms with Crippen LogP contribution in [-0.4, -0.2) is 20.4 Å². The van der Waals surface area contributed by atoms with Gasteiger partial charge in [0.05, 0.1) is 27.8 Å². The van der Waals surface area contributed by atoms with Crippen molar-refractivity contribution in [1.82, 2.24) is 13.7 Å². The lowest BCUT2D eigenvalue weighted by atomic mass is 9.33. The molecule has 0 unspecified atom stereocenters. The second kappa shape index (κ2) is 16.1. The van der Waals surface area contributed by atoms with Crippen molar-refractivity contribution in [3.63, 3.8) is 0 Å². The number of rotatable bonds is 6. The average Bonchev–Trinajstić information content (AvgIpc) is 3.83. The summed E-state index contributed by atoms with van der Waals surface area (Å²) < 4.78 is 7.90. The van der Waals surface area contributed by atoms with E-state index in [0.717, 1.165) is 5.69 Å². The molecule has 78 heavy (non-hydrogen) atoms. The molecular weight excluding hydrogens is 942 g/mol. The SMILES string of the molecule is CC(C)c1cccc(C(C)C)c1-c1ccc2c3cc4c(ccc5ccccc54)c4c3n(c2c1)-c1cc(-n2c3ccccc3c3ccccc32)cc2c1B4c1cc(-c3ccccc3)cc3c4cc(-c5ccccc5)ccc4n-2c13. The minimum absolute atomic E-state index is 0.100. The second-order valence-corrected chi connectivity index (χ2v) is 22.7. The van der Waals surface area contributed by atoms with Crippen LogP contribution < -0.4 is 16.4 Å². The zero-order valence-electron chi connectivity index (χ0n) is 44.0. The molecule has 4 heteroatoms. The van der Waals surface area contributed by atoms with Crippen LogP contribution in [0.4, 0.5) is 0 Å². The van der Waals surface area contributed by atoms with Crippen molar-refractivity contribution in [2.24, 2.45) is 0 Å². The largest absolute Gasteiger partial charge is 0.310 e. The summed E-state index contributed by atoms with van der Waals surface area (Å²) in [6.07, 6.45) is 0. The fourth-order valence-electron chi connectivity index (χ4n) is 14.6. The van der Waals surface area contributed by atoms with Gasteiger partial charge in [-0.05, 0) is 149 Å². The Balaban J connectivity index is 1.10. The lowest BCUT2D eigenvalue weighted by Crippen LogP contribution is -2.59. The lowest BCUT2D eigenvalue weighted by Gasteiger charge is -2.35. The Labute approximate surface area is 452 Å². The van der Waals surface area contributed by atoms with Crippen LogP contribution in [0.15, 0.2) is 231 Å². The van der Waals surface area contributed by atoms with Crippen LogP contribution in [0.25, 0.3) is 137 Å². The summed E-state index contributed by atoms with van der Waals surface area (Å²) >= 11 is 0. The Kier molecular flexibility index (Phi) is 9.03.